The fourth-order valence-corrected chi connectivity index (χ4v) is 1.50. The van der Waals surface area contributed by atoms with Crippen LogP contribution < -0.4 is 5.32 Å². The van der Waals surface area contributed by atoms with Gasteiger partial charge in [0.05, 0.1) is 0 Å². The summed E-state index contributed by atoms with van der Waals surface area (Å²) in [7, 11) is 0. The number of anilines is 1. The third kappa shape index (κ3) is 5.09. The van der Waals surface area contributed by atoms with Crippen molar-refractivity contribution < 1.29 is 4.79 Å². The minimum atomic E-state index is -0.0850. The standard InChI is InChI=1S/C9H11BrClN3O/c10-5-2-1-3-8(15)14-9-12-6-4-7(11)13-9/h4,6H,1-3,5H2,(H,12,13,14,15). The molecule has 0 atom stereocenters. The first-order valence-electron chi connectivity index (χ1n) is 4.56. The number of amides is 1. The second-order valence-corrected chi connectivity index (χ2v) is 4.08. The molecular weight excluding hydrogens is 281 g/mol. The quantitative estimate of drug-likeness (QED) is 0.516. The Morgan fingerprint density at radius 2 is 2.33 bits per heavy atom. The van der Waals surface area contributed by atoms with E-state index >= 15 is 0 Å². The number of hydrogen-bond donors (Lipinski definition) is 1. The summed E-state index contributed by atoms with van der Waals surface area (Å²) in [4.78, 5) is 19.1. The minimum absolute atomic E-state index is 0.0850. The Kier molecular flexibility index (Phi) is 5.57. The number of rotatable bonds is 5. The number of nitrogens with one attached hydrogen (secondary N) is 1. The molecule has 0 aliphatic rings. The average Bonchev–Trinajstić information content (AvgIpc) is 2.18. The largest absolute Gasteiger partial charge is 0.294 e. The van der Waals surface area contributed by atoms with Crippen molar-refractivity contribution in [1.82, 2.24) is 9.97 Å². The predicted octanol–water partition coefficient (Wildman–Crippen LogP) is 2.63. The van der Waals surface area contributed by atoms with Crippen molar-refractivity contribution >= 4 is 39.4 Å². The summed E-state index contributed by atoms with van der Waals surface area (Å²) in [6.07, 6.45) is 3.80. The number of carbonyl (C=O) groups excluding carboxylic acids is 1. The number of carbonyl (C=O) groups is 1. The van der Waals surface area contributed by atoms with Crippen LogP contribution in [0.4, 0.5) is 5.95 Å². The molecule has 1 N–H and O–H groups in total. The van der Waals surface area contributed by atoms with Gasteiger partial charge in [-0.3, -0.25) is 10.1 Å². The van der Waals surface area contributed by atoms with Crippen molar-refractivity contribution in [3.8, 4) is 0 Å². The van der Waals surface area contributed by atoms with E-state index in [9.17, 15) is 4.79 Å². The van der Waals surface area contributed by atoms with Gasteiger partial charge >= 0.3 is 0 Å². The van der Waals surface area contributed by atoms with Crippen molar-refractivity contribution in [2.75, 3.05) is 10.6 Å². The summed E-state index contributed by atoms with van der Waals surface area (Å²) in [6.45, 7) is 0. The van der Waals surface area contributed by atoms with Crippen LogP contribution in [-0.4, -0.2) is 21.2 Å². The molecule has 1 amide bonds. The van der Waals surface area contributed by atoms with E-state index in [-0.39, 0.29) is 11.9 Å². The molecule has 4 nitrogen and oxygen atoms in total. The molecule has 0 radical (unpaired) electrons. The van der Waals surface area contributed by atoms with E-state index in [0.29, 0.717) is 11.6 Å². The highest BCUT2D eigenvalue weighted by Gasteiger charge is 2.03. The van der Waals surface area contributed by atoms with Crippen LogP contribution in [0.25, 0.3) is 0 Å². The molecule has 0 saturated heterocycles. The summed E-state index contributed by atoms with van der Waals surface area (Å²) in [6, 6.07) is 1.56. The Morgan fingerprint density at radius 3 is 3.00 bits per heavy atom. The summed E-state index contributed by atoms with van der Waals surface area (Å²) in [5, 5.41) is 3.81. The van der Waals surface area contributed by atoms with E-state index in [0.717, 1.165) is 18.2 Å². The molecule has 0 bridgehead atoms. The lowest BCUT2D eigenvalue weighted by Crippen LogP contribution is -2.13. The third-order valence-corrected chi connectivity index (χ3v) is 2.43. The van der Waals surface area contributed by atoms with Crippen LogP contribution in [0.3, 0.4) is 0 Å². The monoisotopic (exact) mass is 291 g/mol. The van der Waals surface area contributed by atoms with Crippen LogP contribution in [0.5, 0.6) is 0 Å². The normalized spacial score (nSPS) is 10.0. The number of aromatic nitrogens is 2. The molecule has 0 aromatic carbocycles. The lowest BCUT2D eigenvalue weighted by molar-refractivity contribution is -0.116. The molecule has 1 rings (SSSR count). The fraction of sp³-hybridized carbons (Fsp3) is 0.444. The second-order valence-electron chi connectivity index (χ2n) is 2.90. The number of unbranched alkanes of at least 4 members (excludes halogenated alkanes) is 1. The fourth-order valence-electron chi connectivity index (χ4n) is 0.964. The first kappa shape index (κ1) is 12.4. The van der Waals surface area contributed by atoms with E-state index < -0.39 is 0 Å². The summed E-state index contributed by atoms with van der Waals surface area (Å²) in [5.74, 6) is 0.171. The maximum Gasteiger partial charge on any atom is 0.230 e. The summed E-state index contributed by atoms with van der Waals surface area (Å²) < 4.78 is 0. The number of nitrogens with zero attached hydrogens (tertiary/aromatic N) is 2. The average molecular weight is 293 g/mol. The second kappa shape index (κ2) is 6.74. The Labute approximate surface area is 102 Å². The van der Waals surface area contributed by atoms with Crippen molar-refractivity contribution in [2.24, 2.45) is 0 Å². The highest BCUT2D eigenvalue weighted by molar-refractivity contribution is 9.09. The van der Waals surface area contributed by atoms with Crippen LogP contribution in [0.15, 0.2) is 12.3 Å². The van der Waals surface area contributed by atoms with Crippen LogP contribution >= 0.6 is 27.5 Å². The molecule has 0 spiro atoms. The SMILES string of the molecule is O=C(CCCCBr)Nc1nccc(Cl)n1. The first-order chi connectivity index (χ1) is 7.22. The maximum atomic E-state index is 11.3. The van der Waals surface area contributed by atoms with Gasteiger partial charge < -0.3 is 0 Å². The summed E-state index contributed by atoms with van der Waals surface area (Å²) >= 11 is 8.95. The van der Waals surface area contributed by atoms with Gasteiger partial charge in [-0.15, -0.1) is 0 Å². The summed E-state index contributed by atoms with van der Waals surface area (Å²) in [5.41, 5.74) is 0. The zero-order valence-electron chi connectivity index (χ0n) is 8.04. The number of hydrogen-bond acceptors (Lipinski definition) is 3. The zero-order chi connectivity index (χ0) is 11.1. The van der Waals surface area contributed by atoms with E-state index in [1.165, 1.54) is 6.20 Å². The Morgan fingerprint density at radius 1 is 1.53 bits per heavy atom. The Bertz CT molecular complexity index is 335. The molecule has 0 fully saturated rings. The molecule has 1 heterocycles. The highest BCUT2D eigenvalue weighted by Crippen LogP contribution is 2.06. The van der Waals surface area contributed by atoms with Crippen LogP contribution in [-0.2, 0) is 4.79 Å². The lowest BCUT2D eigenvalue weighted by Gasteiger charge is -2.02. The molecule has 82 valence electrons. The van der Waals surface area contributed by atoms with Gasteiger partial charge in [-0.2, -0.15) is 0 Å². The molecule has 0 saturated carbocycles. The minimum Gasteiger partial charge on any atom is -0.294 e. The molecular formula is C9H11BrClN3O. The zero-order valence-corrected chi connectivity index (χ0v) is 10.4. The van der Waals surface area contributed by atoms with E-state index in [1.807, 2.05) is 0 Å². The molecule has 0 aliphatic heterocycles. The van der Waals surface area contributed by atoms with Crippen molar-refractivity contribution in [3.63, 3.8) is 0 Å². The van der Waals surface area contributed by atoms with Gasteiger partial charge in [0.15, 0.2) is 0 Å². The van der Waals surface area contributed by atoms with Gasteiger partial charge in [0.2, 0.25) is 11.9 Å². The van der Waals surface area contributed by atoms with Gasteiger partial charge in [0.1, 0.15) is 5.15 Å². The smallest absolute Gasteiger partial charge is 0.230 e. The van der Waals surface area contributed by atoms with Gasteiger partial charge in [0.25, 0.3) is 0 Å². The van der Waals surface area contributed by atoms with Crippen molar-refractivity contribution in [1.29, 1.82) is 0 Å². The molecule has 6 heteroatoms. The van der Waals surface area contributed by atoms with Crippen molar-refractivity contribution in [3.05, 3.63) is 17.4 Å². The lowest BCUT2D eigenvalue weighted by atomic mass is 10.2. The highest BCUT2D eigenvalue weighted by atomic mass is 79.9. The van der Waals surface area contributed by atoms with E-state index in [2.05, 4.69) is 31.2 Å². The molecule has 0 unspecified atom stereocenters. The van der Waals surface area contributed by atoms with Gasteiger partial charge in [0, 0.05) is 17.9 Å². The maximum absolute atomic E-state index is 11.3. The first-order valence-corrected chi connectivity index (χ1v) is 6.06. The van der Waals surface area contributed by atoms with E-state index in [4.69, 9.17) is 11.6 Å². The van der Waals surface area contributed by atoms with Crippen molar-refractivity contribution in [2.45, 2.75) is 19.3 Å². The third-order valence-electron chi connectivity index (χ3n) is 1.66. The van der Waals surface area contributed by atoms with Crippen LogP contribution in [0.1, 0.15) is 19.3 Å². The molecule has 1 aromatic heterocycles. The van der Waals surface area contributed by atoms with Crippen LogP contribution in [0.2, 0.25) is 5.15 Å². The number of alkyl halides is 1. The molecule has 15 heavy (non-hydrogen) atoms. The molecule has 0 aliphatic carbocycles. The van der Waals surface area contributed by atoms with Gasteiger partial charge in [-0.05, 0) is 18.9 Å². The Balaban J connectivity index is 2.37. The number of halogens is 2. The molecule has 1 aromatic rings. The predicted molar refractivity (Wildman–Crippen MR) is 63.3 cm³/mol. The van der Waals surface area contributed by atoms with Crippen LogP contribution in [0, 0.1) is 0 Å². The van der Waals surface area contributed by atoms with Gasteiger partial charge in [-0.25, -0.2) is 9.97 Å². The Hall–Kier alpha value is -0.680. The topological polar surface area (TPSA) is 54.9 Å². The van der Waals surface area contributed by atoms with Gasteiger partial charge in [-0.1, -0.05) is 27.5 Å². The van der Waals surface area contributed by atoms with E-state index in [1.54, 1.807) is 6.07 Å².